The van der Waals surface area contributed by atoms with E-state index in [0.717, 1.165) is 18.5 Å². The van der Waals surface area contributed by atoms with Crippen LogP contribution >= 0.6 is 0 Å². The topological polar surface area (TPSA) is 47.0 Å². The minimum absolute atomic E-state index is 0.334. The molecule has 0 aliphatic rings. The molecule has 0 unspecified atom stereocenters. The van der Waals surface area contributed by atoms with Crippen molar-refractivity contribution in [1.29, 1.82) is 0 Å². The maximum Gasteiger partial charge on any atom is 0.224 e. The van der Waals surface area contributed by atoms with Crippen molar-refractivity contribution in [3.63, 3.8) is 0 Å². The van der Waals surface area contributed by atoms with Gasteiger partial charge in [-0.1, -0.05) is 13.0 Å². The molecule has 0 amide bonds. The second kappa shape index (κ2) is 6.13. The van der Waals surface area contributed by atoms with Crippen molar-refractivity contribution in [1.82, 2.24) is 9.97 Å². The highest BCUT2D eigenvalue weighted by molar-refractivity contribution is 5.40. The summed E-state index contributed by atoms with van der Waals surface area (Å²) in [7, 11) is 0. The Labute approximate surface area is 111 Å². The summed E-state index contributed by atoms with van der Waals surface area (Å²) in [5.41, 5.74) is 0.850. The lowest BCUT2D eigenvalue weighted by Gasteiger charge is -2.09. The molecule has 0 saturated carbocycles. The van der Waals surface area contributed by atoms with Crippen LogP contribution in [0, 0.1) is 12.7 Å². The largest absolute Gasteiger partial charge is 0.438 e. The van der Waals surface area contributed by atoms with Gasteiger partial charge >= 0.3 is 0 Å². The molecule has 0 fully saturated rings. The van der Waals surface area contributed by atoms with Crippen LogP contribution in [-0.2, 0) is 0 Å². The van der Waals surface area contributed by atoms with Gasteiger partial charge in [0, 0.05) is 18.7 Å². The third-order valence-corrected chi connectivity index (χ3v) is 2.56. The van der Waals surface area contributed by atoms with Gasteiger partial charge in [-0.25, -0.2) is 14.4 Å². The van der Waals surface area contributed by atoms with Crippen molar-refractivity contribution >= 4 is 5.82 Å². The highest BCUT2D eigenvalue weighted by Gasteiger charge is 2.05. The molecule has 2 aromatic rings. The number of halogens is 1. The molecular weight excluding hydrogens is 245 g/mol. The summed E-state index contributed by atoms with van der Waals surface area (Å²) in [4.78, 5) is 8.10. The molecule has 0 spiro atoms. The summed E-state index contributed by atoms with van der Waals surface area (Å²) >= 11 is 0. The molecular formula is C14H16FN3O. The van der Waals surface area contributed by atoms with Gasteiger partial charge in [0.25, 0.3) is 0 Å². The second-order valence-electron chi connectivity index (χ2n) is 4.18. The maximum absolute atomic E-state index is 13.2. The summed E-state index contributed by atoms with van der Waals surface area (Å²) < 4.78 is 18.8. The molecule has 0 aliphatic carbocycles. The summed E-state index contributed by atoms with van der Waals surface area (Å²) in [6.45, 7) is 4.75. The molecule has 100 valence electrons. The van der Waals surface area contributed by atoms with Crippen LogP contribution < -0.4 is 10.1 Å². The Morgan fingerprint density at radius 1 is 1.26 bits per heavy atom. The number of hydrogen-bond donors (Lipinski definition) is 1. The quantitative estimate of drug-likeness (QED) is 0.894. The van der Waals surface area contributed by atoms with Gasteiger partial charge in [-0.05, 0) is 25.0 Å². The molecule has 2 rings (SSSR count). The lowest BCUT2D eigenvalue weighted by atomic mass is 10.2. The fourth-order valence-corrected chi connectivity index (χ4v) is 1.54. The van der Waals surface area contributed by atoms with Crippen LogP contribution in [0.5, 0.6) is 11.6 Å². The highest BCUT2D eigenvalue weighted by Crippen LogP contribution is 2.25. The van der Waals surface area contributed by atoms with Crippen molar-refractivity contribution in [3.05, 3.63) is 42.0 Å². The van der Waals surface area contributed by atoms with Gasteiger partial charge in [-0.2, -0.15) is 0 Å². The van der Waals surface area contributed by atoms with E-state index >= 15 is 0 Å². The third kappa shape index (κ3) is 3.64. The number of ether oxygens (including phenoxy) is 1. The van der Waals surface area contributed by atoms with E-state index in [2.05, 4.69) is 22.2 Å². The normalized spacial score (nSPS) is 10.3. The fourth-order valence-electron chi connectivity index (χ4n) is 1.54. The number of aromatic nitrogens is 2. The minimum atomic E-state index is -0.334. The summed E-state index contributed by atoms with van der Waals surface area (Å²) in [5.74, 6) is 1.21. The first kappa shape index (κ1) is 13.3. The second-order valence-corrected chi connectivity index (χ2v) is 4.18. The lowest BCUT2D eigenvalue weighted by Crippen LogP contribution is -2.02. The molecule has 0 bridgehead atoms. The van der Waals surface area contributed by atoms with Crippen LogP contribution in [0.25, 0.3) is 0 Å². The molecule has 0 aliphatic heterocycles. The summed E-state index contributed by atoms with van der Waals surface area (Å²) in [6.07, 6.45) is 2.42. The minimum Gasteiger partial charge on any atom is -0.438 e. The van der Waals surface area contributed by atoms with E-state index in [9.17, 15) is 4.39 Å². The van der Waals surface area contributed by atoms with E-state index in [1.807, 2.05) is 6.92 Å². The molecule has 1 aromatic carbocycles. The number of aryl methyl sites for hydroxylation is 1. The molecule has 5 heteroatoms. The smallest absolute Gasteiger partial charge is 0.224 e. The van der Waals surface area contributed by atoms with Gasteiger partial charge in [0.15, 0.2) is 0 Å². The monoisotopic (exact) mass is 261 g/mol. The van der Waals surface area contributed by atoms with E-state index in [1.165, 1.54) is 18.5 Å². The SMILES string of the molecule is CCCNc1cc(Oc2cc(F)ccc2C)ncn1. The Kier molecular flexibility index (Phi) is 4.28. The van der Waals surface area contributed by atoms with Gasteiger partial charge in [0.1, 0.15) is 23.7 Å². The Hall–Kier alpha value is -2.17. The molecule has 0 radical (unpaired) electrons. The number of hydrogen-bond acceptors (Lipinski definition) is 4. The van der Waals surface area contributed by atoms with E-state index in [4.69, 9.17) is 4.74 Å². The van der Waals surface area contributed by atoms with E-state index in [1.54, 1.807) is 12.1 Å². The van der Waals surface area contributed by atoms with Crippen LogP contribution in [0.3, 0.4) is 0 Å². The van der Waals surface area contributed by atoms with Crippen LogP contribution in [0.4, 0.5) is 10.2 Å². The van der Waals surface area contributed by atoms with Crippen molar-refractivity contribution < 1.29 is 9.13 Å². The predicted octanol–water partition coefficient (Wildman–Crippen LogP) is 3.54. The molecule has 4 nitrogen and oxygen atoms in total. The molecule has 1 aromatic heterocycles. The van der Waals surface area contributed by atoms with Gasteiger partial charge in [0.05, 0.1) is 0 Å². The number of benzene rings is 1. The van der Waals surface area contributed by atoms with Gasteiger partial charge in [-0.15, -0.1) is 0 Å². The Morgan fingerprint density at radius 2 is 2.11 bits per heavy atom. The zero-order valence-corrected chi connectivity index (χ0v) is 11.0. The summed E-state index contributed by atoms with van der Waals surface area (Å²) in [6, 6.07) is 6.11. The van der Waals surface area contributed by atoms with Crippen LogP contribution in [-0.4, -0.2) is 16.5 Å². The van der Waals surface area contributed by atoms with Gasteiger partial charge in [0.2, 0.25) is 5.88 Å². The molecule has 0 atom stereocenters. The standard InChI is InChI=1S/C14H16FN3O/c1-3-6-16-13-8-14(18-9-17-13)19-12-7-11(15)5-4-10(12)2/h4-5,7-9H,3,6H2,1-2H3,(H,16,17,18). The zero-order valence-electron chi connectivity index (χ0n) is 11.0. The van der Waals surface area contributed by atoms with Crippen LogP contribution in [0.1, 0.15) is 18.9 Å². The average molecular weight is 261 g/mol. The predicted molar refractivity (Wildman–Crippen MR) is 72.0 cm³/mol. The van der Waals surface area contributed by atoms with Gasteiger partial charge in [-0.3, -0.25) is 0 Å². The number of nitrogens with one attached hydrogen (secondary N) is 1. The number of nitrogens with zero attached hydrogens (tertiary/aromatic N) is 2. The van der Waals surface area contributed by atoms with Crippen LogP contribution in [0.15, 0.2) is 30.6 Å². The number of anilines is 1. The molecule has 0 saturated heterocycles. The number of rotatable bonds is 5. The Morgan fingerprint density at radius 3 is 2.89 bits per heavy atom. The molecule has 19 heavy (non-hydrogen) atoms. The van der Waals surface area contributed by atoms with Crippen molar-refractivity contribution in [2.75, 3.05) is 11.9 Å². The first-order valence-corrected chi connectivity index (χ1v) is 6.19. The zero-order chi connectivity index (χ0) is 13.7. The van der Waals surface area contributed by atoms with Gasteiger partial charge < -0.3 is 10.1 Å². The molecule has 1 N–H and O–H groups in total. The molecule has 1 heterocycles. The highest BCUT2D eigenvalue weighted by atomic mass is 19.1. The van der Waals surface area contributed by atoms with E-state index < -0.39 is 0 Å². The van der Waals surface area contributed by atoms with Crippen molar-refractivity contribution in [2.45, 2.75) is 20.3 Å². The van der Waals surface area contributed by atoms with Crippen LogP contribution in [0.2, 0.25) is 0 Å². The fraction of sp³-hybridized carbons (Fsp3) is 0.286. The first-order valence-electron chi connectivity index (χ1n) is 6.19. The Balaban J connectivity index is 2.16. The van der Waals surface area contributed by atoms with Crippen molar-refractivity contribution in [2.24, 2.45) is 0 Å². The Bertz CT molecular complexity index is 560. The summed E-state index contributed by atoms with van der Waals surface area (Å²) in [5, 5.41) is 3.14. The lowest BCUT2D eigenvalue weighted by molar-refractivity contribution is 0.453. The van der Waals surface area contributed by atoms with E-state index in [0.29, 0.717) is 17.4 Å². The van der Waals surface area contributed by atoms with E-state index in [-0.39, 0.29) is 5.82 Å². The van der Waals surface area contributed by atoms with Crippen molar-refractivity contribution in [3.8, 4) is 11.6 Å². The maximum atomic E-state index is 13.2. The third-order valence-electron chi connectivity index (χ3n) is 2.56. The first-order chi connectivity index (χ1) is 9.19. The average Bonchev–Trinajstić information content (AvgIpc) is 2.41.